The molecule has 190 valence electrons. The molecule has 0 radical (unpaired) electrons. The molecule has 0 saturated carbocycles. The van der Waals surface area contributed by atoms with E-state index in [1.807, 2.05) is 49.4 Å². The summed E-state index contributed by atoms with van der Waals surface area (Å²) < 4.78 is 17.7. The van der Waals surface area contributed by atoms with Gasteiger partial charge in [-0.25, -0.2) is 0 Å². The molecular weight excluding hydrogens is 464 g/mol. The summed E-state index contributed by atoms with van der Waals surface area (Å²) in [5, 5.41) is 0. The van der Waals surface area contributed by atoms with Crippen molar-refractivity contribution in [2.45, 2.75) is 19.9 Å². The van der Waals surface area contributed by atoms with Crippen LogP contribution in [0, 0.1) is 6.92 Å². The number of carbonyl (C=O) groups excluding carboxylic acids is 1. The smallest absolute Gasteiger partial charge is 0.231 e. The topological polar surface area (TPSA) is 51.2 Å². The lowest BCUT2D eigenvalue weighted by Gasteiger charge is -2.31. The average Bonchev–Trinajstić information content (AvgIpc) is 3.25. The van der Waals surface area contributed by atoms with E-state index in [9.17, 15) is 4.79 Å². The van der Waals surface area contributed by atoms with Gasteiger partial charge in [-0.05, 0) is 48.7 Å². The van der Waals surface area contributed by atoms with Crippen molar-refractivity contribution in [1.82, 2.24) is 9.80 Å². The molecule has 6 nitrogen and oxygen atoms in total. The Morgan fingerprint density at radius 3 is 2.41 bits per heavy atom. The molecule has 0 aliphatic carbocycles. The largest absolute Gasteiger partial charge is 0.477 e. The number of allylic oxidation sites excluding steroid dienone is 1. The van der Waals surface area contributed by atoms with E-state index in [1.165, 1.54) is 5.56 Å². The van der Waals surface area contributed by atoms with Crippen LogP contribution in [0.15, 0.2) is 66.4 Å². The van der Waals surface area contributed by atoms with Crippen molar-refractivity contribution in [3.8, 4) is 22.6 Å². The van der Waals surface area contributed by atoms with E-state index in [0.29, 0.717) is 23.8 Å². The second kappa shape index (κ2) is 10.5. The Kier molecular flexibility index (Phi) is 6.79. The molecular formula is C31H32N2O4. The molecule has 3 aromatic carbocycles. The van der Waals surface area contributed by atoms with Crippen LogP contribution in [0.25, 0.3) is 17.2 Å². The Morgan fingerprint density at radius 2 is 1.62 bits per heavy atom. The fraction of sp³-hybridized carbons (Fsp3) is 0.323. The minimum atomic E-state index is -0.0718. The van der Waals surface area contributed by atoms with Gasteiger partial charge in [0, 0.05) is 37.3 Å². The van der Waals surface area contributed by atoms with Gasteiger partial charge in [-0.15, -0.1) is 0 Å². The number of ketones is 1. The third-order valence-electron chi connectivity index (χ3n) is 7.37. The Bertz CT molecular complexity index is 1310. The monoisotopic (exact) mass is 496 g/mol. The maximum absolute atomic E-state index is 13.3. The lowest BCUT2D eigenvalue weighted by Crippen LogP contribution is -2.39. The van der Waals surface area contributed by atoms with Gasteiger partial charge in [0.1, 0.15) is 18.2 Å². The lowest BCUT2D eigenvalue weighted by molar-refractivity contribution is 0.0329. The first-order chi connectivity index (χ1) is 18.2. The molecule has 6 rings (SSSR count). The van der Waals surface area contributed by atoms with Crippen LogP contribution >= 0.6 is 0 Å². The Balaban J connectivity index is 1.14. The number of Topliss-reactive ketones (excluding diaryl/α,β-unsaturated/α-hetero) is 1. The number of carbonyl (C=O) groups is 1. The molecule has 0 N–H and O–H groups in total. The zero-order chi connectivity index (χ0) is 25.2. The summed E-state index contributed by atoms with van der Waals surface area (Å²) in [5.41, 5.74) is 5.82. The summed E-state index contributed by atoms with van der Waals surface area (Å²) in [6.07, 6.45) is 2.91. The van der Waals surface area contributed by atoms with Crippen LogP contribution in [0.4, 0.5) is 0 Å². The summed E-state index contributed by atoms with van der Waals surface area (Å²) in [7, 11) is 0. The maximum Gasteiger partial charge on any atom is 0.231 e. The molecule has 1 saturated heterocycles. The molecule has 0 unspecified atom stereocenters. The molecule has 3 heterocycles. The van der Waals surface area contributed by atoms with Gasteiger partial charge < -0.3 is 14.2 Å². The van der Waals surface area contributed by atoms with Crippen LogP contribution < -0.4 is 9.47 Å². The molecule has 0 atom stereocenters. The van der Waals surface area contributed by atoms with E-state index in [-0.39, 0.29) is 5.78 Å². The first-order valence-electron chi connectivity index (χ1n) is 13.1. The molecule has 37 heavy (non-hydrogen) atoms. The van der Waals surface area contributed by atoms with Crippen LogP contribution in [0.1, 0.15) is 33.5 Å². The Morgan fingerprint density at radius 1 is 0.892 bits per heavy atom. The summed E-state index contributed by atoms with van der Waals surface area (Å²) in [6.45, 7) is 9.03. The highest BCUT2D eigenvalue weighted by molar-refractivity contribution is 6.15. The van der Waals surface area contributed by atoms with Crippen molar-refractivity contribution in [2.75, 3.05) is 46.1 Å². The second-order valence-electron chi connectivity index (χ2n) is 9.93. The van der Waals surface area contributed by atoms with Gasteiger partial charge in [0.05, 0.1) is 18.8 Å². The molecule has 3 aliphatic rings. The van der Waals surface area contributed by atoms with Crippen LogP contribution in [-0.2, 0) is 11.3 Å². The number of benzene rings is 3. The number of fused-ring (bicyclic) bond motifs is 2. The van der Waals surface area contributed by atoms with Gasteiger partial charge in [0.25, 0.3) is 0 Å². The summed E-state index contributed by atoms with van der Waals surface area (Å²) in [6, 6.07) is 20.4. The predicted octanol–water partition coefficient (Wildman–Crippen LogP) is 5.15. The van der Waals surface area contributed by atoms with Crippen molar-refractivity contribution in [3.63, 3.8) is 0 Å². The first kappa shape index (κ1) is 23.9. The van der Waals surface area contributed by atoms with Crippen molar-refractivity contribution in [1.29, 1.82) is 0 Å². The van der Waals surface area contributed by atoms with E-state index in [0.717, 1.165) is 80.4 Å². The summed E-state index contributed by atoms with van der Waals surface area (Å²) in [5.74, 6) is 1.76. The third-order valence-corrected chi connectivity index (χ3v) is 7.37. The lowest BCUT2D eigenvalue weighted by atomic mass is 9.99. The van der Waals surface area contributed by atoms with E-state index in [2.05, 4.69) is 34.1 Å². The molecule has 0 amide bonds. The normalized spacial score (nSPS) is 18.8. The zero-order valence-corrected chi connectivity index (χ0v) is 21.2. The van der Waals surface area contributed by atoms with Crippen LogP contribution in [0.5, 0.6) is 11.5 Å². The average molecular weight is 497 g/mol. The predicted molar refractivity (Wildman–Crippen MR) is 144 cm³/mol. The number of rotatable bonds is 6. The van der Waals surface area contributed by atoms with Gasteiger partial charge in [0.2, 0.25) is 5.78 Å². The highest BCUT2D eigenvalue weighted by atomic mass is 16.5. The SMILES string of the molecule is Cc1c2c(cc3c1O/C(=C\c1ccc(-c4ccccc4)cc1)C3=O)CN(CCCN1CCOCC1)CO2. The van der Waals surface area contributed by atoms with Gasteiger partial charge in [-0.3, -0.25) is 14.6 Å². The van der Waals surface area contributed by atoms with Gasteiger partial charge in [0.15, 0.2) is 5.76 Å². The minimum Gasteiger partial charge on any atom is -0.477 e. The van der Waals surface area contributed by atoms with Gasteiger partial charge in [-0.2, -0.15) is 0 Å². The van der Waals surface area contributed by atoms with Crippen molar-refractivity contribution >= 4 is 11.9 Å². The van der Waals surface area contributed by atoms with Crippen LogP contribution in [-0.4, -0.2) is 61.7 Å². The van der Waals surface area contributed by atoms with Crippen LogP contribution in [0.2, 0.25) is 0 Å². The molecule has 0 bridgehead atoms. The highest BCUT2D eigenvalue weighted by Gasteiger charge is 2.33. The Labute approximate surface area is 218 Å². The van der Waals surface area contributed by atoms with E-state index >= 15 is 0 Å². The maximum atomic E-state index is 13.3. The molecule has 3 aromatic rings. The molecule has 0 aromatic heterocycles. The van der Waals surface area contributed by atoms with Crippen molar-refractivity contribution in [2.24, 2.45) is 0 Å². The molecule has 0 spiro atoms. The van der Waals surface area contributed by atoms with E-state index in [4.69, 9.17) is 14.2 Å². The number of nitrogens with zero attached hydrogens (tertiary/aromatic N) is 2. The third kappa shape index (κ3) is 5.05. The van der Waals surface area contributed by atoms with E-state index in [1.54, 1.807) is 0 Å². The van der Waals surface area contributed by atoms with Gasteiger partial charge >= 0.3 is 0 Å². The van der Waals surface area contributed by atoms with Crippen LogP contribution in [0.3, 0.4) is 0 Å². The fourth-order valence-corrected chi connectivity index (χ4v) is 5.34. The number of hydrogen-bond donors (Lipinski definition) is 0. The highest BCUT2D eigenvalue weighted by Crippen LogP contribution is 2.43. The van der Waals surface area contributed by atoms with Crippen molar-refractivity contribution in [3.05, 3.63) is 88.7 Å². The standard InChI is InChI=1S/C31H32N2O4/c1-22-30-26(20-33(21-36-30)13-5-12-32-14-16-35-17-15-32)19-27-29(34)28(37-31(22)27)18-23-8-10-25(11-9-23)24-6-3-2-4-7-24/h2-4,6-11,18-19H,5,12-17,20-21H2,1H3/b28-18-. The quantitative estimate of drug-likeness (QED) is 0.440. The number of ether oxygens (including phenoxy) is 3. The Hall–Kier alpha value is -3.45. The van der Waals surface area contributed by atoms with Crippen molar-refractivity contribution < 1.29 is 19.0 Å². The van der Waals surface area contributed by atoms with Gasteiger partial charge in [-0.1, -0.05) is 54.6 Å². The van der Waals surface area contributed by atoms with E-state index < -0.39 is 0 Å². The minimum absolute atomic E-state index is 0.0718. The number of morpholine rings is 1. The summed E-state index contributed by atoms with van der Waals surface area (Å²) >= 11 is 0. The summed E-state index contributed by atoms with van der Waals surface area (Å²) in [4.78, 5) is 18.1. The number of hydrogen-bond acceptors (Lipinski definition) is 6. The first-order valence-corrected chi connectivity index (χ1v) is 13.1. The molecule has 1 fully saturated rings. The zero-order valence-electron chi connectivity index (χ0n) is 21.2. The second-order valence-corrected chi connectivity index (χ2v) is 9.93. The fourth-order valence-electron chi connectivity index (χ4n) is 5.34. The molecule has 3 aliphatic heterocycles. The molecule has 6 heteroatoms.